The molecule has 2 aromatic heterocycles. The average molecular weight is 472 g/mol. The summed E-state index contributed by atoms with van der Waals surface area (Å²) in [6, 6.07) is 12.2. The van der Waals surface area contributed by atoms with Gasteiger partial charge in [-0.25, -0.2) is 8.42 Å². The first-order valence-corrected chi connectivity index (χ1v) is 12.3. The highest BCUT2D eigenvalue weighted by atomic mass is 35.5. The summed E-state index contributed by atoms with van der Waals surface area (Å²) in [6.45, 7) is 5.09. The second-order valence-corrected chi connectivity index (χ2v) is 10.5. The normalized spacial score (nSPS) is 16.1. The maximum Gasteiger partial charge on any atom is 0.294 e. The Kier molecular flexibility index (Phi) is 5.31. The fourth-order valence-electron chi connectivity index (χ4n) is 4.01. The van der Waals surface area contributed by atoms with E-state index >= 15 is 0 Å². The van der Waals surface area contributed by atoms with Crippen LogP contribution in [0.25, 0.3) is 34.0 Å². The zero-order valence-electron chi connectivity index (χ0n) is 17.7. The topological polar surface area (TPSA) is 89.4 Å². The van der Waals surface area contributed by atoms with E-state index in [9.17, 15) is 8.42 Å². The van der Waals surface area contributed by atoms with E-state index in [0.717, 1.165) is 18.4 Å². The molecule has 0 amide bonds. The van der Waals surface area contributed by atoms with E-state index < -0.39 is 10.0 Å². The van der Waals surface area contributed by atoms with Gasteiger partial charge in [-0.1, -0.05) is 35.8 Å². The van der Waals surface area contributed by atoms with Crippen LogP contribution in [0.5, 0.6) is 0 Å². The van der Waals surface area contributed by atoms with Crippen LogP contribution < -0.4 is 0 Å². The number of furan rings is 1. The van der Waals surface area contributed by atoms with Crippen LogP contribution in [0.3, 0.4) is 0 Å². The van der Waals surface area contributed by atoms with E-state index in [0.29, 0.717) is 52.1 Å². The van der Waals surface area contributed by atoms with Crippen molar-refractivity contribution in [2.24, 2.45) is 5.92 Å². The van der Waals surface area contributed by atoms with Gasteiger partial charge in [-0.05, 0) is 56.0 Å². The molecule has 1 aliphatic rings. The number of fused-ring (bicyclic) bond motifs is 1. The first-order chi connectivity index (χ1) is 15.3. The summed E-state index contributed by atoms with van der Waals surface area (Å²) < 4.78 is 39.3. The van der Waals surface area contributed by atoms with Crippen LogP contribution in [0.4, 0.5) is 0 Å². The molecule has 5 rings (SSSR count). The maximum atomic E-state index is 13.2. The Hall–Kier alpha value is -2.68. The number of hydrogen-bond donors (Lipinski definition) is 0. The molecule has 9 heteroatoms. The number of sulfonamides is 1. The second-order valence-electron chi connectivity index (χ2n) is 8.20. The van der Waals surface area contributed by atoms with Gasteiger partial charge in [0.25, 0.3) is 5.89 Å². The number of aryl methyl sites for hydroxylation is 1. The molecule has 7 nitrogen and oxygen atoms in total. The first-order valence-electron chi connectivity index (χ1n) is 10.5. The molecule has 0 N–H and O–H groups in total. The number of rotatable bonds is 4. The number of nitrogens with zero attached hydrogens (tertiary/aromatic N) is 3. The summed E-state index contributed by atoms with van der Waals surface area (Å²) in [5.41, 5.74) is 1.95. The number of hydrogen-bond acceptors (Lipinski definition) is 6. The lowest BCUT2D eigenvalue weighted by Gasteiger charge is -2.29. The van der Waals surface area contributed by atoms with E-state index in [2.05, 4.69) is 17.1 Å². The summed E-state index contributed by atoms with van der Waals surface area (Å²) in [7, 11) is -3.56. The molecular weight excluding hydrogens is 450 g/mol. The third kappa shape index (κ3) is 3.62. The highest BCUT2D eigenvalue weighted by molar-refractivity contribution is 7.89. The van der Waals surface area contributed by atoms with E-state index in [4.69, 9.17) is 20.5 Å². The molecule has 0 radical (unpaired) electrons. The Morgan fingerprint density at radius 2 is 1.88 bits per heavy atom. The van der Waals surface area contributed by atoms with Gasteiger partial charge in [-0.2, -0.15) is 9.29 Å². The molecule has 0 aliphatic carbocycles. The van der Waals surface area contributed by atoms with Gasteiger partial charge in [0.1, 0.15) is 5.58 Å². The molecule has 0 bridgehead atoms. The molecule has 1 saturated heterocycles. The van der Waals surface area contributed by atoms with Gasteiger partial charge in [0.05, 0.1) is 9.92 Å². The lowest BCUT2D eigenvalue weighted by Crippen LogP contribution is -2.37. The number of piperidine rings is 1. The maximum absolute atomic E-state index is 13.2. The van der Waals surface area contributed by atoms with Gasteiger partial charge < -0.3 is 8.94 Å². The molecular formula is C23H22ClN3O4S. The fourth-order valence-corrected chi connectivity index (χ4v) is 5.72. The Balaban J connectivity index is 1.51. The van der Waals surface area contributed by atoms with E-state index in [-0.39, 0.29) is 10.8 Å². The molecule has 0 unspecified atom stereocenters. The minimum Gasteiger partial charge on any atom is -0.451 e. The van der Waals surface area contributed by atoms with Gasteiger partial charge in [-0.15, -0.1) is 0 Å². The standard InChI is InChI=1S/C23H22ClN3O4S/c1-14-9-11-27(12-10-14)32(28,29)16-7-8-20-18(13-16)15(2)21(30-20)23-25-22(26-31-23)17-5-3-4-6-19(17)24/h3-8,13-14H,9-12H2,1-2H3. The Morgan fingerprint density at radius 1 is 1.12 bits per heavy atom. The molecule has 4 aromatic rings. The highest BCUT2D eigenvalue weighted by Gasteiger charge is 2.29. The van der Waals surface area contributed by atoms with Crippen LogP contribution in [0.1, 0.15) is 25.3 Å². The fraction of sp³-hybridized carbons (Fsp3) is 0.304. The smallest absolute Gasteiger partial charge is 0.294 e. The van der Waals surface area contributed by atoms with Crippen molar-refractivity contribution in [2.75, 3.05) is 13.1 Å². The number of aromatic nitrogens is 2. The predicted molar refractivity (Wildman–Crippen MR) is 122 cm³/mol. The molecule has 32 heavy (non-hydrogen) atoms. The van der Waals surface area contributed by atoms with Crippen molar-refractivity contribution in [3.05, 3.63) is 53.1 Å². The second kappa shape index (κ2) is 8.03. The molecule has 1 fully saturated rings. The Labute approximate surface area is 191 Å². The minimum absolute atomic E-state index is 0.211. The largest absolute Gasteiger partial charge is 0.451 e. The molecule has 1 aliphatic heterocycles. The molecule has 0 atom stereocenters. The van der Waals surface area contributed by atoms with Gasteiger partial charge in [-0.3, -0.25) is 0 Å². The monoisotopic (exact) mass is 471 g/mol. The van der Waals surface area contributed by atoms with Gasteiger partial charge >= 0.3 is 0 Å². The van der Waals surface area contributed by atoms with Crippen molar-refractivity contribution in [1.29, 1.82) is 0 Å². The summed E-state index contributed by atoms with van der Waals surface area (Å²) >= 11 is 6.24. The third-order valence-corrected chi connectivity index (χ3v) is 8.25. The van der Waals surface area contributed by atoms with Crippen molar-refractivity contribution in [3.8, 4) is 23.0 Å². The SMILES string of the molecule is Cc1c(-c2nc(-c3ccccc3Cl)no2)oc2ccc(S(=O)(=O)N3CCC(C)CC3)cc12. The first kappa shape index (κ1) is 21.2. The predicted octanol–water partition coefficient (Wildman–Crippen LogP) is 5.53. The highest BCUT2D eigenvalue weighted by Crippen LogP contribution is 2.36. The minimum atomic E-state index is -3.56. The van der Waals surface area contributed by atoms with Crippen molar-refractivity contribution < 1.29 is 17.4 Å². The van der Waals surface area contributed by atoms with Gasteiger partial charge in [0.2, 0.25) is 15.8 Å². The van der Waals surface area contributed by atoms with Crippen molar-refractivity contribution in [1.82, 2.24) is 14.4 Å². The van der Waals surface area contributed by atoms with Crippen molar-refractivity contribution >= 4 is 32.6 Å². The van der Waals surface area contributed by atoms with Crippen LogP contribution in [-0.4, -0.2) is 36.0 Å². The molecule has 2 aromatic carbocycles. The van der Waals surface area contributed by atoms with Gasteiger partial charge in [0, 0.05) is 29.6 Å². The van der Waals surface area contributed by atoms with Crippen molar-refractivity contribution in [2.45, 2.75) is 31.6 Å². The van der Waals surface area contributed by atoms with Gasteiger partial charge in [0.15, 0.2) is 5.76 Å². The summed E-state index contributed by atoms with van der Waals surface area (Å²) in [5.74, 6) is 1.52. The third-order valence-electron chi connectivity index (χ3n) is 6.02. The van der Waals surface area contributed by atoms with Crippen LogP contribution in [0, 0.1) is 12.8 Å². The zero-order valence-corrected chi connectivity index (χ0v) is 19.3. The molecule has 0 saturated carbocycles. The lowest BCUT2D eigenvalue weighted by atomic mass is 10.0. The summed E-state index contributed by atoms with van der Waals surface area (Å²) in [4.78, 5) is 4.70. The van der Waals surface area contributed by atoms with E-state index in [1.165, 1.54) is 0 Å². The number of halogens is 1. The number of benzene rings is 2. The molecule has 0 spiro atoms. The van der Waals surface area contributed by atoms with Crippen molar-refractivity contribution in [3.63, 3.8) is 0 Å². The average Bonchev–Trinajstić information content (AvgIpc) is 3.39. The quantitative estimate of drug-likeness (QED) is 0.388. The molecule has 3 heterocycles. The summed E-state index contributed by atoms with van der Waals surface area (Å²) in [5, 5.41) is 5.24. The van der Waals surface area contributed by atoms with Crippen LogP contribution >= 0.6 is 11.6 Å². The van der Waals surface area contributed by atoms with E-state index in [1.54, 1.807) is 34.6 Å². The van der Waals surface area contributed by atoms with Crippen LogP contribution in [0.15, 0.2) is 56.3 Å². The van der Waals surface area contributed by atoms with Crippen LogP contribution in [-0.2, 0) is 10.0 Å². The zero-order chi connectivity index (χ0) is 22.5. The Bertz CT molecular complexity index is 1400. The van der Waals surface area contributed by atoms with E-state index in [1.807, 2.05) is 19.1 Å². The summed E-state index contributed by atoms with van der Waals surface area (Å²) in [6.07, 6.45) is 1.75. The van der Waals surface area contributed by atoms with Crippen LogP contribution in [0.2, 0.25) is 5.02 Å². The molecule has 166 valence electrons. The Morgan fingerprint density at radius 3 is 2.62 bits per heavy atom. The lowest BCUT2D eigenvalue weighted by molar-refractivity contribution is 0.288.